The molecule has 0 saturated heterocycles. The molecule has 1 amide bonds. The summed E-state index contributed by atoms with van der Waals surface area (Å²) in [4.78, 5) is 11.9. The molecule has 2 rings (SSSR count). The number of halogens is 1. The van der Waals surface area contributed by atoms with Gasteiger partial charge in [0.25, 0.3) is 0 Å². The van der Waals surface area contributed by atoms with Gasteiger partial charge in [0.2, 0.25) is 5.91 Å². The highest BCUT2D eigenvalue weighted by Crippen LogP contribution is 2.19. The van der Waals surface area contributed by atoms with Crippen LogP contribution in [0.25, 0.3) is 0 Å². The Morgan fingerprint density at radius 2 is 2.19 bits per heavy atom. The van der Waals surface area contributed by atoms with Crippen molar-refractivity contribution < 1.29 is 4.79 Å². The molecule has 5 nitrogen and oxygen atoms in total. The van der Waals surface area contributed by atoms with Gasteiger partial charge in [0.15, 0.2) is 0 Å². The molecule has 1 heterocycles. The average Bonchev–Trinajstić information content (AvgIpc) is 2.66. The van der Waals surface area contributed by atoms with E-state index < -0.39 is 0 Å². The number of benzene rings is 1. The minimum Gasteiger partial charge on any atom is -0.399 e. The zero-order chi connectivity index (χ0) is 15.4. The molecule has 0 saturated carbocycles. The molecule has 0 aliphatic rings. The monoisotopic (exact) mass is 306 g/mol. The molecule has 0 unspecified atom stereocenters. The highest BCUT2D eigenvalue weighted by atomic mass is 35.5. The second-order valence-electron chi connectivity index (χ2n) is 4.99. The van der Waals surface area contributed by atoms with Gasteiger partial charge in [-0.2, -0.15) is 5.10 Å². The summed E-state index contributed by atoms with van der Waals surface area (Å²) in [6.45, 7) is 4.47. The lowest BCUT2D eigenvalue weighted by atomic mass is 10.2. The van der Waals surface area contributed by atoms with Crippen molar-refractivity contribution in [1.82, 2.24) is 9.78 Å². The van der Waals surface area contributed by atoms with Crippen molar-refractivity contribution in [1.29, 1.82) is 0 Å². The zero-order valence-electron chi connectivity index (χ0n) is 12.2. The van der Waals surface area contributed by atoms with E-state index in [0.29, 0.717) is 35.8 Å². The molecule has 21 heavy (non-hydrogen) atoms. The van der Waals surface area contributed by atoms with Gasteiger partial charge in [0, 0.05) is 24.3 Å². The second-order valence-corrected chi connectivity index (χ2v) is 5.36. The van der Waals surface area contributed by atoms with Gasteiger partial charge in [-0.3, -0.25) is 9.48 Å². The molecular weight excluding hydrogens is 288 g/mol. The molecule has 112 valence electrons. The van der Waals surface area contributed by atoms with Crippen molar-refractivity contribution in [2.24, 2.45) is 0 Å². The number of aromatic nitrogens is 2. The van der Waals surface area contributed by atoms with E-state index in [4.69, 9.17) is 17.3 Å². The third-order valence-corrected chi connectivity index (χ3v) is 3.78. The topological polar surface area (TPSA) is 72.9 Å². The van der Waals surface area contributed by atoms with E-state index in [9.17, 15) is 4.79 Å². The van der Waals surface area contributed by atoms with Crippen LogP contribution in [0.1, 0.15) is 24.2 Å². The Labute approximate surface area is 129 Å². The van der Waals surface area contributed by atoms with Crippen LogP contribution >= 0.6 is 11.6 Å². The van der Waals surface area contributed by atoms with E-state index >= 15 is 0 Å². The number of rotatable bonds is 5. The number of carbonyl (C=O) groups excluding carboxylic acids is 1. The molecule has 0 radical (unpaired) electrons. The first-order chi connectivity index (χ1) is 9.97. The van der Waals surface area contributed by atoms with Gasteiger partial charge in [-0.1, -0.05) is 17.7 Å². The number of anilines is 2. The van der Waals surface area contributed by atoms with Crippen molar-refractivity contribution in [2.45, 2.75) is 33.2 Å². The van der Waals surface area contributed by atoms with Crippen LogP contribution in [0.15, 0.2) is 24.3 Å². The predicted octanol–water partition coefficient (Wildman–Crippen LogP) is 3.15. The maximum atomic E-state index is 11.9. The first kappa shape index (κ1) is 15.4. The van der Waals surface area contributed by atoms with Gasteiger partial charge in [-0.15, -0.1) is 0 Å². The Morgan fingerprint density at radius 1 is 1.43 bits per heavy atom. The molecule has 0 spiro atoms. The summed E-state index contributed by atoms with van der Waals surface area (Å²) in [7, 11) is 0. The van der Waals surface area contributed by atoms with Crippen molar-refractivity contribution in [3.05, 3.63) is 40.7 Å². The fourth-order valence-electron chi connectivity index (χ4n) is 2.12. The van der Waals surface area contributed by atoms with Crippen molar-refractivity contribution in [3.63, 3.8) is 0 Å². The van der Waals surface area contributed by atoms with E-state index in [1.54, 1.807) is 12.1 Å². The summed E-state index contributed by atoms with van der Waals surface area (Å²) in [6.07, 6.45) is 1.12. The summed E-state index contributed by atoms with van der Waals surface area (Å²) in [5.74, 6) is -0.0340. The zero-order valence-corrected chi connectivity index (χ0v) is 12.9. The molecule has 0 atom stereocenters. The molecule has 0 aliphatic heterocycles. The van der Waals surface area contributed by atoms with Crippen LogP contribution in [-0.4, -0.2) is 15.7 Å². The van der Waals surface area contributed by atoms with Gasteiger partial charge in [-0.05, 0) is 38.5 Å². The Hall–Kier alpha value is -2.01. The second kappa shape index (κ2) is 6.63. The largest absolute Gasteiger partial charge is 0.399 e. The van der Waals surface area contributed by atoms with Crippen molar-refractivity contribution >= 4 is 28.9 Å². The fraction of sp³-hybridized carbons (Fsp3) is 0.333. The number of nitrogen functional groups attached to an aromatic ring is 1. The van der Waals surface area contributed by atoms with Gasteiger partial charge in [0.05, 0.1) is 16.4 Å². The SMILES string of the molecule is Cc1nn(CCCC(=O)Nc2cccc(N)c2)c(C)c1Cl. The standard InChI is InChI=1S/C15H19ClN4O/c1-10-15(16)11(2)20(19-10)8-4-7-14(21)18-13-6-3-5-12(17)9-13/h3,5-6,9H,4,7-8,17H2,1-2H3,(H,18,21). The predicted molar refractivity (Wildman–Crippen MR) is 85.4 cm³/mol. The summed E-state index contributed by atoms with van der Waals surface area (Å²) in [5, 5.41) is 7.86. The van der Waals surface area contributed by atoms with Crippen molar-refractivity contribution in [3.8, 4) is 0 Å². The van der Waals surface area contributed by atoms with Gasteiger partial charge >= 0.3 is 0 Å². The summed E-state index contributed by atoms with van der Waals surface area (Å²) in [5.41, 5.74) is 8.77. The third kappa shape index (κ3) is 3.98. The van der Waals surface area contributed by atoms with E-state index in [0.717, 1.165) is 11.4 Å². The van der Waals surface area contributed by atoms with Crippen LogP contribution in [0, 0.1) is 13.8 Å². The minimum absolute atomic E-state index is 0.0340. The number of amides is 1. The molecule has 1 aromatic heterocycles. The van der Waals surface area contributed by atoms with E-state index in [1.165, 1.54) is 0 Å². The van der Waals surface area contributed by atoms with E-state index in [1.807, 2.05) is 30.7 Å². The van der Waals surface area contributed by atoms with Crippen molar-refractivity contribution in [2.75, 3.05) is 11.1 Å². The van der Waals surface area contributed by atoms with Crippen LogP contribution in [0.5, 0.6) is 0 Å². The molecule has 3 N–H and O–H groups in total. The third-order valence-electron chi connectivity index (χ3n) is 3.24. The number of carbonyl (C=O) groups is 1. The first-order valence-corrected chi connectivity index (χ1v) is 7.20. The van der Waals surface area contributed by atoms with Crippen LogP contribution in [0.4, 0.5) is 11.4 Å². The number of nitrogens with two attached hydrogens (primary N) is 1. The lowest BCUT2D eigenvalue weighted by Crippen LogP contribution is -2.13. The molecule has 0 aliphatic carbocycles. The number of nitrogens with one attached hydrogen (secondary N) is 1. The lowest BCUT2D eigenvalue weighted by molar-refractivity contribution is -0.116. The Balaban J connectivity index is 1.83. The van der Waals surface area contributed by atoms with Gasteiger partial charge in [0.1, 0.15) is 0 Å². The Bertz CT molecular complexity index is 651. The van der Waals surface area contributed by atoms with E-state index in [-0.39, 0.29) is 5.91 Å². The van der Waals surface area contributed by atoms with Gasteiger partial charge < -0.3 is 11.1 Å². The quantitative estimate of drug-likeness (QED) is 0.833. The van der Waals surface area contributed by atoms with Crippen LogP contribution in [0.3, 0.4) is 0 Å². The maximum Gasteiger partial charge on any atom is 0.224 e. The summed E-state index contributed by atoms with van der Waals surface area (Å²) >= 11 is 6.09. The molecule has 6 heteroatoms. The Kier molecular flexibility index (Phi) is 4.85. The van der Waals surface area contributed by atoms with Crippen LogP contribution < -0.4 is 11.1 Å². The molecule has 0 bridgehead atoms. The van der Waals surface area contributed by atoms with E-state index in [2.05, 4.69) is 10.4 Å². The number of nitrogens with zero attached hydrogens (tertiary/aromatic N) is 2. The average molecular weight is 307 g/mol. The molecule has 2 aromatic rings. The summed E-state index contributed by atoms with van der Waals surface area (Å²) in [6, 6.07) is 7.14. The lowest BCUT2D eigenvalue weighted by Gasteiger charge is -2.07. The highest BCUT2D eigenvalue weighted by Gasteiger charge is 2.09. The normalized spacial score (nSPS) is 10.6. The molecular formula is C15H19ClN4O. The maximum absolute atomic E-state index is 11.9. The smallest absolute Gasteiger partial charge is 0.224 e. The molecule has 0 fully saturated rings. The minimum atomic E-state index is -0.0340. The number of aryl methyl sites for hydroxylation is 2. The highest BCUT2D eigenvalue weighted by molar-refractivity contribution is 6.31. The van der Waals surface area contributed by atoms with Gasteiger partial charge in [-0.25, -0.2) is 0 Å². The first-order valence-electron chi connectivity index (χ1n) is 6.82. The molecule has 1 aromatic carbocycles. The summed E-state index contributed by atoms with van der Waals surface area (Å²) < 4.78 is 1.84. The fourth-order valence-corrected chi connectivity index (χ4v) is 2.26. The number of hydrogen-bond acceptors (Lipinski definition) is 3. The van der Waals surface area contributed by atoms with Crippen LogP contribution in [0.2, 0.25) is 5.02 Å². The van der Waals surface area contributed by atoms with Crippen LogP contribution in [-0.2, 0) is 11.3 Å². The Morgan fingerprint density at radius 3 is 2.81 bits per heavy atom. The number of hydrogen-bond donors (Lipinski definition) is 2.